The van der Waals surface area contributed by atoms with Gasteiger partial charge in [-0.3, -0.25) is 10.9 Å². The van der Waals surface area contributed by atoms with E-state index < -0.39 is 23.4 Å². The average molecular weight is 732 g/mol. The number of para-hydroxylation sites is 2. The second kappa shape index (κ2) is 13.8. The van der Waals surface area contributed by atoms with Crippen molar-refractivity contribution in [3.8, 4) is 11.5 Å². The van der Waals surface area contributed by atoms with Gasteiger partial charge in [-0.1, -0.05) is 97.1 Å². The van der Waals surface area contributed by atoms with Gasteiger partial charge in [-0.2, -0.15) is 0 Å². The molecule has 2 heterocycles. The molecule has 0 radical (unpaired) electrons. The van der Waals surface area contributed by atoms with Crippen LogP contribution in [0.5, 0.6) is 11.5 Å². The van der Waals surface area contributed by atoms with Crippen LogP contribution in [0.2, 0.25) is 0 Å². The van der Waals surface area contributed by atoms with Crippen molar-refractivity contribution >= 4 is 45.3 Å². The van der Waals surface area contributed by atoms with Crippen molar-refractivity contribution in [2.24, 2.45) is 10.2 Å². The van der Waals surface area contributed by atoms with Gasteiger partial charge >= 0.3 is 19.5 Å². The van der Waals surface area contributed by atoms with Crippen LogP contribution in [0.1, 0.15) is 22.3 Å². The summed E-state index contributed by atoms with van der Waals surface area (Å²) < 4.78 is 11.4. The minimum absolute atomic E-state index is 0. The number of carboxylic acids is 2. The minimum Gasteiger partial charge on any atom is -0.544 e. The number of carbonyl (C=O) groups is 2. The van der Waals surface area contributed by atoms with Gasteiger partial charge in [-0.05, 0) is 57.9 Å². The molecule has 0 fully saturated rings. The Morgan fingerprint density at radius 2 is 0.882 bits per heavy atom. The first-order valence-corrected chi connectivity index (χ1v) is 15.3. The molecule has 12 nitrogen and oxygen atoms in total. The molecule has 248 valence electrons. The number of carboxylic acid groups (broad SMARTS) is 2. The van der Waals surface area contributed by atoms with Gasteiger partial charge in [0.05, 0.1) is 11.1 Å². The Bertz CT molecular complexity index is 2190. The number of aliphatic carboxylic acids is 2. The zero-order chi connectivity index (χ0) is 34.9. The maximum absolute atomic E-state index is 11.8. The van der Waals surface area contributed by atoms with Crippen molar-refractivity contribution in [1.29, 1.82) is 0 Å². The molecule has 0 saturated heterocycles. The molecule has 0 saturated carbocycles. The molecule has 51 heavy (non-hydrogen) atoms. The van der Waals surface area contributed by atoms with Crippen LogP contribution in [-0.2, 0) is 50.0 Å². The number of phenols is 2. The summed E-state index contributed by atoms with van der Waals surface area (Å²) in [5.74, 6) is -3.32. The molecule has 2 atom stereocenters. The van der Waals surface area contributed by atoms with Crippen LogP contribution in [0.15, 0.2) is 144 Å². The molecule has 0 aliphatic carbocycles. The van der Waals surface area contributed by atoms with Crippen molar-refractivity contribution in [3.63, 3.8) is 0 Å². The zero-order valence-electron chi connectivity index (χ0n) is 26.6. The minimum atomic E-state index is -2.09. The maximum atomic E-state index is 11.8. The molecule has 2 aliphatic heterocycles. The predicted molar refractivity (Wildman–Crippen MR) is 179 cm³/mol. The van der Waals surface area contributed by atoms with Crippen molar-refractivity contribution in [2.75, 3.05) is 0 Å². The number of nitrogens with one attached hydrogen (secondary N) is 2. The van der Waals surface area contributed by atoms with Gasteiger partial charge in [0, 0.05) is 11.1 Å². The van der Waals surface area contributed by atoms with Gasteiger partial charge in [0.25, 0.3) is 11.4 Å². The zero-order valence-corrected chi connectivity index (χ0v) is 29.6. The Kier molecular flexibility index (Phi) is 9.32. The van der Waals surface area contributed by atoms with Gasteiger partial charge in [-0.25, -0.2) is 0 Å². The second-order valence-corrected chi connectivity index (χ2v) is 11.3. The van der Waals surface area contributed by atoms with Gasteiger partial charge < -0.3 is 39.5 Å². The number of aromatic hydroxyl groups is 2. The smallest absolute Gasteiger partial charge is 0.544 e. The Hall–Kier alpha value is -6.46. The van der Waals surface area contributed by atoms with E-state index in [0.717, 1.165) is 21.5 Å². The monoisotopic (exact) mass is 730 g/mol. The van der Waals surface area contributed by atoms with E-state index >= 15 is 0 Å². The summed E-state index contributed by atoms with van der Waals surface area (Å²) in [7, 11) is 0. The third-order valence-electron chi connectivity index (χ3n) is 8.31. The molecule has 8 rings (SSSR count). The van der Waals surface area contributed by atoms with E-state index in [1.807, 2.05) is 72.8 Å². The Balaban J connectivity index is 0.000000172. The van der Waals surface area contributed by atoms with Gasteiger partial charge in [-0.15, -0.1) is 10.2 Å². The number of phenolic OH excluding ortho intramolecular Hbond substituents is 2. The van der Waals surface area contributed by atoms with Crippen LogP contribution in [0, 0.1) is 0 Å². The number of fused-ring (bicyclic) bond motifs is 2. The fourth-order valence-electron chi connectivity index (χ4n) is 5.86. The van der Waals surface area contributed by atoms with Gasteiger partial charge in [0.2, 0.25) is 11.8 Å². The normalized spacial score (nSPS) is 18.7. The molecular weight excluding hydrogens is 706 g/mol. The number of hydrazone groups is 2. The topological polar surface area (TPSA) is 188 Å². The number of hydrogen-bond acceptors (Lipinski definition) is 12. The summed E-state index contributed by atoms with van der Waals surface area (Å²) in [4.78, 5) is 23.7. The molecule has 0 amide bonds. The molecule has 6 aromatic rings. The van der Waals surface area contributed by atoms with Crippen LogP contribution < -0.4 is 21.1 Å². The molecule has 2 unspecified atom stereocenters. The number of hydrogen-bond donors (Lipinski definition) is 4. The largest absolute Gasteiger partial charge is 2.00 e. The van der Waals surface area contributed by atoms with Crippen molar-refractivity contribution in [3.05, 3.63) is 156 Å². The molecule has 0 bridgehead atoms. The first kappa shape index (κ1) is 34.4. The van der Waals surface area contributed by atoms with Crippen LogP contribution in [0.25, 0.3) is 21.5 Å². The van der Waals surface area contributed by atoms with Crippen molar-refractivity contribution < 1.29 is 59.0 Å². The molecule has 0 spiro atoms. The Morgan fingerprint density at radius 3 is 1.27 bits per heavy atom. The van der Waals surface area contributed by atoms with E-state index in [-0.39, 0.29) is 53.9 Å². The quantitative estimate of drug-likeness (QED) is 0.186. The van der Waals surface area contributed by atoms with E-state index in [9.17, 15) is 30.0 Å². The van der Waals surface area contributed by atoms with Crippen molar-refractivity contribution in [1.82, 2.24) is 10.9 Å². The number of benzene rings is 6. The Labute approximate surface area is 303 Å². The molecule has 6 aromatic carbocycles. The van der Waals surface area contributed by atoms with Crippen LogP contribution in [0.3, 0.4) is 0 Å². The third kappa shape index (κ3) is 6.04. The SMILES string of the molecule is O=C([O-])C1(c2ccccc2O)NN=C(c2cccc3ccccc23)O1.O=C([O-])C1(c2ccccc2O)NN=C(c2cccc3ccccc23)O1.[Zn+2]. The van der Waals surface area contributed by atoms with E-state index in [4.69, 9.17) is 9.47 Å². The summed E-state index contributed by atoms with van der Waals surface area (Å²) in [6, 6.07) is 38.4. The fourth-order valence-corrected chi connectivity index (χ4v) is 5.86. The second-order valence-electron chi connectivity index (χ2n) is 11.3. The average Bonchev–Trinajstić information content (AvgIpc) is 3.79. The number of rotatable bonds is 6. The van der Waals surface area contributed by atoms with Crippen LogP contribution >= 0.6 is 0 Å². The summed E-state index contributed by atoms with van der Waals surface area (Å²) in [5.41, 5.74) is 2.13. The molecule has 13 heteroatoms. The molecule has 4 N–H and O–H groups in total. The Morgan fingerprint density at radius 1 is 0.529 bits per heavy atom. The number of nitrogens with zero attached hydrogens (tertiary/aromatic N) is 2. The van der Waals surface area contributed by atoms with Gasteiger partial charge in [0.1, 0.15) is 23.4 Å². The third-order valence-corrected chi connectivity index (χ3v) is 8.31. The molecule has 2 aliphatic rings. The summed E-state index contributed by atoms with van der Waals surface area (Å²) >= 11 is 0. The summed E-state index contributed by atoms with van der Waals surface area (Å²) in [6.45, 7) is 0. The summed E-state index contributed by atoms with van der Waals surface area (Å²) in [6.07, 6.45) is 0. The van der Waals surface area contributed by atoms with Crippen LogP contribution in [0.4, 0.5) is 0 Å². The standard InChI is InChI=1S/2C19H14N2O4.Zn/c2*22-16-11-4-3-10-15(16)19(18(23)24)21-20-17(25-19)14-9-5-7-12-6-1-2-8-13(12)14;/h2*1-11,21-22H,(H,23,24);/q;;+2/p-2. The van der Waals surface area contributed by atoms with E-state index in [1.165, 1.54) is 24.3 Å². The van der Waals surface area contributed by atoms with Gasteiger partial charge in [0.15, 0.2) is 0 Å². The maximum Gasteiger partial charge on any atom is 2.00 e. The molecular formula is C38H26N4O8Zn. The summed E-state index contributed by atoms with van der Waals surface area (Å²) in [5, 5.41) is 55.6. The number of ether oxygens (including phenoxy) is 2. The number of carbonyl (C=O) groups excluding carboxylic acids is 2. The molecule has 0 aromatic heterocycles. The predicted octanol–water partition coefficient (Wildman–Crippen LogP) is 2.86. The first-order valence-electron chi connectivity index (χ1n) is 15.3. The first-order chi connectivity index (χ1) is 24.2. The van der Waals surface area contributed by atoms with Crippen LogP contribution in [-0.4, -0.2) is 33.9 Å². The van der Waals surface area contributed by atoms with E-state index in [2.05, 4.69) is 21.1 Å². The fraction of sp³-hybridized carbons (Fsp3) is 0.0526. The van der Waals surface area contributed by atoms with E-state index in [1.54, 1.807) is 36.4 Å². The van der Waals surface area contributed by atoms with E-state index in [0.29, 0.717) is 11.1 Å². The van der Waals surface area contributed by atoms with Crippen molar-refractivity contribution in [2.45, 2.75) is 11.4 Å².